The van der Waals surface area contributed by atoms with Gasteiger partial charge in [-0.15, -0.1) is 0 Å². The Bertz CT molecular complexity index is 2400. The minimum absolute atomic E-state index is 0.123. The molecule has 5 heteroatoms. The van der Waals surface area contributed by atoms with E-state index in [0.717, 1.165) is 48.5 Å². The average molecular weight is 636 g/mol. The highest BCUT2D eigenvalue weighted by Gasteiger charge is 2.40. The number of rotatable bonds is 6. The summed E-state index contributed by atoms with van der Waals surface area (Å²) in [6.07, 6.45) is 8.34. The standard InChI is InChI=1S/C44H37N5/c45-43(31-15-5-2-6-16-31)48-44(33-18-11-17-32(26-33)29-12-3-1-4-13-29)47-39-27-37(39)38-24-23-34(28-46-38)49-40-21-10-9-20-36(40)42-35-19-8-7-14-30(35)22-25-41(42)49/h1-10,12-16,18-25,28,32,37,39H,11,17,26-27H2,(H2,45,47,48). The fourth-order valence-corrected chi connectivity index (χ4v) is 7.64. The first-order valence-corrected chi connectivity index (χ1v) is 17.3. The Hall–Kier alpha value is -5.81. The third kappa shape index (κ3) is 5.51. The van der Waals surface area contributed by atoms with Gasteiger partial charge >= 0.3 is 0 Å². The Kier molecular flexibility index (Phi) is 7.38. The molecule has 2 heterocycles. The van der Waals surface area contributed by atoms with Gasteiger partial charge < -0.3 is 10.3 Å². The number of nitrogens with zero attached hydrogens (tertiary/aromatic N) is 4. The molecule has 5 nitrogen and oxygen atoms in total. The SMILES string of the molecule is NC(=NC(=NC1CC1c1ccc(-n2c3ccccc3c3c4ccccc4ccc32)cn1)C1=CCCC(c2ccccc2)C1)c1ccccc1. The van der Waals surface area contributed by atoms with Gasteiger partial charge in [0.1, 0.15) is 5.84 Å². The molecule has 0 saturated heterocycles. The number of hydrogen-bond acceptors (Lipinski definition) is 2. The van der Waals surface area contributed by atoms with Crippen molar-refractivity contribution < 1.29 is 0 Å². The molecule has 0 amide bonds. The van der Waals surface area contributed by atoms with Gasteiger partial charge in [-0.25, -0.2) is 4.99 Å². The van der Waals surface area contributed by atoms with E-state index < -0.39 is 0 Å². The van der Waals surface area contributed by atoms with Crippen molar-refractivity contribution >= 4 is 44.2 Å². The average Bonchev–Trinajstić information content (AvgIpc) is 3.86. The smallest absolute Gasteiger partial charge is 0.152 e. The van der Waals surface area contributed by atoms with Crippen LogP contribution in [0.3, 0.4) is 0 Å². The zero-order chi connectivity index (χ0) is 32.7. The molecule has 0 aliphatic heterocycles. The number of para-hydroxylation sites is 1. The summed E-state index contributed by atoms with van der Waals surface area (Å²) in [5.74, 6) is 1.97. The second-order valence-electron chi connectivity index (χ2n) is 13.3. The molecule has 1 saturated carbocycles. The van der Waals surface area contributed by atoms with Crippen LogP contribution >= 0.6 is 0 Å². The van der Waals surface area contributed by atoms with Crippen LogP contribution in [0.15, 0.2) is 161 Å². The predicted octanol–water partition coefficient (Wildman–Crippen LogP) is 9.89. The summed E-state index contributed by atoms with van der Waals surface area (Å²) in [6.45, 7) is 0. The highest BCUT2D eigenvalue weighted by Crippen LogP contribution is 2.44. The molecule has 0 spiro atoms. The molecule has 2 aliphatic rings. The van der Waals surface area contributed by atoms with E-state index in [1.54, 1.807) is 0 Å². The molecule has 2 aliphatic carbocycles. The van der Waals surface area contributed by atoms with E-state index in [2.05, 4.69) is 114 Å². The minimum atomic E-state index is 0.123. The van der Waals surface area contributed by atoms with Gasteiger partial charge in [0.2, 0.25) is 0 Å². The van der Waals surface area contributed by atoms with Gasteiger partial charge in [0.25, 0.3) is 0 Å². The summed E-state index contributed by atoms with van der Waals surface area (Å²) in [5.41, 5.74) is 14.6. The van der Waals surface area contributed by atoms with Crippen LogP contribution in [-0.4, -0.2) is 27.3 Å². The van der Waals surface area contributed by atoms with E-state index in [9.17, 15) is 0 Å². The summed E-state index contributed by atoms with van der Waals surface area (Å²) >= 11 is 0. The number of hydrogen-bond donors (Lipinski definition) is 1. The zero-order valence-electron chi connectivity index (χ0n) is 27.3. The first kappa shape index (κ1) is 29.3. The lowest BCUT2D eigenvalue weighted by Gasteiger charge is -2.23. The van der Waals surface area contributed by atoms with Crippen LogP contribution in [0.1, 0.15) is 54.3 Å². The van der Waals surface area contributed by atoms with E-state index in [4.69, 9.17) is 20.7 Å². The van der Waals surface area contributed by atoms with E-state index >= 15 is 0 Å². The van der Waals surface area contributed by atoms with E-state index in [1.165, 1.54) is 43.7 Å². The second kappa shape index (κ2) is 12.3. The molecule has 9 rings (SSSR count). The largest absolute Gasteiger partial charge is 0.383 e. The highest BCUT2D eigenvalue weighted by atomic mass is 15.0. The third-order valence-electron chi connectivity index (χ3n) is 10.2. The number of fused-ring (bicyclic) bond motifs is 5. The minimum Gasteiger partial charge on any atom is -0.383 e. The van der Waals surface area contributed by atoms with Crippen molar-refractivity contribution in [1.29, 1.82) is 0 Å². The van der Waals surface area contributed by atoms with Crippen molar-refractivity contribution in [3.05, 3.63) is 168 Å². The number of aliphatic imine (C=N–C) groups is 2. The number of allylic oxidation sites excluding steroid dienone is 1. The van der Waals surface area contributed by atoms with Gasteiger partial charge in [-0.2, -0.15) is 0 Å². The first-order chi connectivity index (χ1) is 24.2. The van der Waals surface area contributed by atoms with Crippen LogP contribution in [0.25, 0.3) is 38.3 Å². The quantitative estimate of drug-likeness (QED) is 0.146. The Morgan fingerprint density at radius 3 is 2.31 bits per heavy atom. The van der Waals surface area contributed by atoms with Crippen LogP contribution in [-0.2, 0) is 0 Å². The molecular formula is C44H37N5. The van der Waals surface area contributed by atoms with Crippen molar-refractivity contribution in [2.45, 2.75) is 43.6 Å². The lowest BCUT2D eigenvalue weighted by molar-refractivity contribution is 0.606. The zero-order valence-corrected chi connectivity index (χ0v) is 27.3. The number of nitrogens with two attached hydrogens (primary N) is 1. The molecular weight excluding hydrogens is 599 g/mol. The lowest BCUT2D eigenvalue weighted by Crippen LogP contribution is -2.19. The highest BCUT2D eigenvalue weighted by molar-refractivity contribution is 6.21. The third-order valence-corrected chi connectivity index (χ3v) is 10.2. The summed E-state index contributed by atoms with van der Waals surface area (Å²) in [6, 6.07) is 47.1. The van der Waals surface area contributed by atoms with Crippen LogP contribution in [0.4, 0.5) is 0 Å². The number of aromatic nitrogens is 2. The van der Waals surface area contributed by atoms with Crippen LogP contribution < -0.4 is 5.73 Å². The topological polar surface area (TPSA) is 68.6 Å². The Labute approximate surface area is 286 Å². The maximum Gasteiger partial charge on any atom is 0.152 e. The van der Waals surface area contributed by atoms with Crippen molar-refractivity contribution in [3.63, 3.8) is 0 Å². The van der Waals surface area contributed by atoms with Crippen molar-refractivity contribution in [2.75, 3.05) is 0 Å². The Balaban J connectivity index is 1.03. The number of pyridine rings is 1. The van der Waals surface area contributed by atoms with Gasteiger partial charge in [-0.1, -0.05) is 115 Å². The summed E-state index contributed by atoms with van der Waals surface area (Å²) in [5, 5.41) is 5.06. The normalized spacial score (nSPS) is 19.8. The second-order valence-corrected chi connectivity index (χ2v) is 13.3. The van der Waals surface area contributed by atoms with Crippen molar-refractivity contribution in [1.82, 2.24) is 9.55 Å². The molecule has 0 radical (unpaired) electrons. The van der Waals surface area contributed by atoms with E-state index in [0.29, 0.717) is 11.8 Å². The summed E-state index contributed by atoms with van der Waals surface area (Å²) in [7, 11) is 0. The fraction of sp³-hybridized carbons (Fsp3) is 0.159. The molecule has 0 bridgehead atoms. The molecule has 7 aromatic rings. The van der Waals surface area contributed by atoms with Crippen LogP contribution in [0.5, 0.6) is 0 Å². The molecule has 3 unspecified atom stereocenters. The molecule has 49 heavy (non-hydrogen) atoms. The molecule has 238 valence electrons. The molecule has 5 aromatic carbocycles. The molecule has 2 N–H and O–H groups in total. The predicted molar refractivity (Wildman–Crippen MR) is 203 cm³/mol. The van der Waals surface area contributed by atoms with Crippen LogP contribution in [0.2, 0.25) is 0 Å². The van der Waals surface area contributed by atoms with E-state index in [1.807, 2.05) is 36.5 Å². The number of amidine groups is 2. The Morgan fingerprint density at radius 2 is 1.49 bits per heavy atom. The molecule has 3 atom stereocenters. The van der Waals surface area contributed by atoms with Gasteiger partial charge in [0.15, 0.2) is 5.84 Å². The lowest BCUT2D eigenvalue weighted by atomic mass is 9.83. The number of benzene rings is 5. The van der Waals surface area contributed by atoms with Crippen molar-refractivity contribution in [3.8, 4) is 5.69 Å². The van der Waals surface area contributed by atoms with Gasteiger partial charge in [0, 0.05) is 27.9 Å². The summed E-state index contributed by atoms with van der Waals surface area (Å²) < 4.78 is 2.34. The molecule has 2 aromatic heterocycles. The maximum absolute atomic E-state index is 6.59. The first-order valence-electron chi connectivity index (χ1n) is 17.3. The van der Waals surface area contributed by atoms with Gasteiger partial charge in [0.05, 0.1) is 29.0 Å². The fourth-order valence-electron chi connectivity index (χ4n) is 7.64. The van der Waals surface area contributed by atoms with Gasteiger partial charge in [-0.05, 0) is 77.8 Å². The monoisotopic (exact) mass is 635 g/mol. The van der Waals surface area contributed by atoms with Gasteiger partial charge in [-0.3, -0.25) is 9.98 Å². The van der Waals surface area contributed by atoms with Crippen LogP contribution in [0, 0.1) is 0 Å². The summed E-state index contributed by atoms with van der Waals surface area (Å²) in [4.78, 5) is 15.3. The molecule has 1 fully saturated rings. The Morgan fingerprint density at radius 1 is 0.735 bits per heavy atom. The maximum atomic E-state index is 6.59. The van der Waals surface area contributed by atoms with E-state index in [-0.39, 0.29) is 12.0 Å². The van der Waals surface area contributed by atoms with Crippen molar-refractivity contribution in [2.24, 2.45) is 15.7 Å².